The molecule has 1 rings (SSSR count). The molecule has 120 valence electrons. The van der Waals surface area contributed by atoms with Crippen LogP contribution in [0.15, 0.2) is 18.2 Å². The highest BCUT2D eigenvalue weighted by Crippen LogP contribution is 2.25. The molecule has 0 aliphatic carbocycles. The zero-order chi connectivity index (χ0) is 16.0. The lowest BCUT2D eigenvalue weighted by Crippen LogP contribution is -2.36. The Bertz CT molecular complexity index is 540. The van der Waals surface area contributed by atoms with Gasteiger partial charge < -0.3 is 20.6 Å². The number of rotatable bonds is 8. The predicted molar refractivity (Wildman–Crippen MR) is 85.8 cm³/mol. The monoisotopic (exact) mass is 317 g/mol. The Kier molecular flexibility index (Phi) is 6.25. The molecule has 21 heavy (non-hydrogen) atoms. The summed E-state index contributed by atoms with van der Waals surface area (Å²) >= 11 is 0. The third-order valence-corrected chi connectivity index (χ3v) is 3.88. The molecule has 1 atom stereocenters. The zero-order valence-corrected chi connectivity index (χ0v) is 13.3. The molecule has 0 fully saturated rings. The Morgan fingerprint density at radius 2 is 1.71 bits per heavy atom. The Hall–Kier alpha value is -1.51. The van der Waals surface area contributed by atoms with Crippen LogP contribution in [-0.4, -0.2) is 57.1 Å². The van der Waals surface area contributed by atoms with Gasteiger partial charge in [0.25, 0.3) is 10.1 Å². The molecule has 0 bridgehead atoms. The lowest BCUT2D eigenvalue weighted by Gasteiger charge is -2.26. The largest absolute Gasteiger partial charge is 0.390 e. The van der Waals surface area contributed by atoms with Crippen LogP contribution in [-0.2, 0) is 10.1 Å². The maximum absolute atomic E-state index is 10.8. The van der Waals surface area contributed by atoms with Gasteiger partial charge in [-0.1, -0.05) is 0 Å². The third-order valence-electron chi connectivity index (χ3n) is 3.08. The molecule has 0 saturated heterocycles. The van der Waals surface area contributed by atoms with Crippen molar-refractivity contribution in [1.29, 1.82) is 0 Å². The molecule has 0 heterocycles. The highest BCUT2D eigenvalue weighted by Gasteiger charge is 2.18. The Balaban J connectivity index is 2.94. The fourth-order valence-electron chi connectivity index (χ4n) is 2.05. The average molecular weight is 317 g/mol. The van der Waals surface area contributed by atoms with Gasteiger partial charge >= 0.3 is 0 Å². The summed E-state index contributed by atoms with van der Waals surface area (Å²) in [4.78, 5) is 1.84. The van der Waals surface area contributed by atoms with Crippen LogP contribution in [0, 0.1) is 0 Å². The molecule has 1 aromatic rings. The first kappa shape index (κ1) is 17.5. The van der Waals surface area contributed by atoms with Crippen molar-refractivity contribution in [2.24, 2.45) is 0 Å². The molecule has 1 unspecified atom stereocenters. The van der Waals surface area contributed by atoms with Gasteiger partial charge in [-0.05, 0) is 25.1 Å². The summed E-state index contributed by atoms with van der Waals surface area (Å²) in [5.41, 5.74) is 2.65. The van der Waals surface area contributed by atoms with Gasteiger partial charge in [0, 0.05) is 44.2 Å². The van der Waals surface area contributed by atoms with E-state index in [4.69, 9.17) is 4.55 Å². The van der Waals surface area contributed by atoms with Gasteiger partial charge in [0.05, 0.1) is 6.10 Å². The number of hydrogen-bond donors (Lipinski definition) is 4. The summed E-state index contributed by atoms with van der Waals surface area (Å²) in [5.74, 6) is -0.673. The number of nitrogens with one attached hydrogen (secondary N) is 2. The molecule has 0 radical (unpaired) electrons. The molecule has 8 heteroatoms. The fraction of sp³-hybridized carbons (Fsp3) is 0.538. The van der Waals surface area contributed by atoms with Crippen LogP contribution >= 0.6 is 0 Å². The van der Waals surface area contributed by atoms with Crippen molar-refractivity contribution in [3.8, 4) is 0 Å². The van der Waals surface area contributed by atoms with E-state index in [9.17, 15) is 13.5 Å². The fourth-order valence-corrected chi connectivity index (χ4v) is 2.64. The second-order valence-corrected chi connectivity index (χ2v) is 6.21. The van der Waals surface area contributed by atoms with Crippen LogP contribution in [0.25, 0.3) is 0 Å². The quantitative estimate of drug-likeness (QED) is 0.527. The topological polar surface area (TPSA) is 102 Å². The number of likely N-dealkylation sites (N-methyl/N-ethyl adjacent to an activating group) is 1. The summed E-state index contributed by atoms with van der Waals surface area (Å²) in [6.45, 7) is 2.62. The lowest BCUT2D eigenvalue weighted by atomic mass is 10.2. The van der Waals surface area contributed by atoms with E-state index >= 15 is 0 Å². The van der Waals surface area contributed by atoms with E-state index in [0.717, 1.165) is 17.1 Å². The van der Waals surface area contributed by atoms with Crippen molar-refractivity contribution < 1.29 is 18.1 Å². The van der Waals surface area contributed by atoms with Crippen molar-refractivity contribution in [2.75, 3.05) is 48.5 Å². The van der Waals surface area contributed by atoms with Gasteiger partial charge in [0.1, 0.15) is 5.75 Å². The lowest BCUT2D eigenvalue weighted by molar-refractivity contribution is 0.200. The van der Waals surface area contributed by atoms with Gasteiger partial charge in [-0.3, -0.25) is 4.55 Å². The minimum Gasteiger partial charge on any atom is -0.390 e. The van der Waals surface area contributed by atoms with E-state index in [-0.39, 0.29) is 6.54 Å². The molecule has 7 nitrogen and oxygen atoms in total. The first-order chi connectivity index (χ1) is 9.78. The van der Waals surface area contributed by atoms with Crippen molar-refractivity contribution in [2.45, 2.75) is 13.0 Å². The number of hydrogen-bond acceptors (Lipinski definition) is 6. The van der Waals surface area contributed by atoms with Crippen LogP contribution in [0.4, 0.5) is 17.1 Å². The van der Waals surface area contributed by atoms with Crippen LogP contribution < -0.4 is 15.5 Å². The van der Waals surface area contributed by atoms with Crippen LogP contribution in [0.5, 0.6) is 0 Å². The Labute approximate surface area is 125 Å². The van der Waals surface area contributed by atoms with E-state index in [0.29, 0.717) is 6.54 Å². The first-order valence-electron chi connectivity index (χ1n) is 6.67. The molecular formula is C13H23N3O4S. The maximum atomic E-state index is 10.8. The highest BCUT2D eigenvalue weighted by molar-refractivity contribution is 7.85. The van der Waals surface area contributed by atoms with E-state index in [1.165, 1.54) is 0 Å². The van der Waals surface area contributed by atoms with E-state index in [2.05, 4.69) is 10.6 Å². The van der Waals surface area contributed by atoms with Gasteiger partial charge in [-0.15, -0.1) is 0 Å². The Morgan fingerprint density at radius 3 is 2.10 bits per heavy atom. The SMILES string of the molecule is CCN(CC(O)CS(=O)(=O)O)c1cc(NC)cc(NC)c1. The summed E-state index contributed by atoms with van der Waals surface area (Å²) in [7, 11) is -0.571. The zero-order valence-electron chi connectivity index (χ0n) is 12.5. The molecule has 0 aliphatic rings. The number of aliphatic hydroxyl groups is 1. The molecule has 0 amide bonds. The molecular weight excluding hydrogens is 294 g/mol. The highest BCUT2D eigenvalue weighted by atomic mass is 32.2. The van der Waals surface area contributed by atoms with Crippen molar-refractivity contribution in [3.05, 3.63) is 18.2 Å². The number of benzene rings is 1. The predicted octanol–water partition coefficient (Wildman–Crippen LogP) is 0.845. The van der Waals surface area contributed by atoms with Gasteiger partial charge in [0.15, 0.2) is 0 Å². The molecule has 0 aromatic heterocycles. The van der Waals surface area contributed by atoms with Crippen molar-refractivity contribution >= 4 is 27.2 Å². The van der Waals surface area contributed by atoms with Gasteiger partial charge in [0.2, 0.25) is 0 Å². The third kappa shape index (κ3) is 5.78. The molecule has 4 N–H and O–H groups in total. The smallest absolute Gasteiger partial charge is 0.267 e. The second-order valence-electron chi connectivity index (χ2n) is 4.71. The van der Waals surface area contributed by atoms with E-state index in [1.807, 2.05) is 44.1 Å². The van der Waals surface area contributed by atoms with Crippen molar-refractivity contribution in [3.63, 3.8) is 0 Å². The van der Waals surface area contributed by atoms with E-state index in [1.54, 1.807) is 0 Å². The van der Waals surface area contributed by atoms with Crippen LogP contribution in [0.2, 0.25) is 0 Å². The molecule has 1 aromatic carbocycles. The normalized spacial score (nSPS) is 12.8. The summed E-state index contributed by atoms with van der Waals surface area (Å²) in [6, 6.07) is 5.75. The Morgan fingerprint density at radius 1 is 1.19 bits per heavy atom. The minimum absolute atomic E-state index is 0.118. The number of anilines is 3. The summed E-state index contributed by atoms with van der Waals surface area (Å²) < 4.78 is 30.4. The first-order valence-corrected chi connectivity index (χ1v) is 8.28. The average Bonchev–Trinajstić information content (AvgIpc) is 2.42. The van der Waals surface area contributed by atoms with Gasteiger partial charge in [-0.2, -0.15) is 8.42 Å². The molecule has 0 aliphatic heterocycles. The summed E-state index contributed by atoms with van der Waals surface area (Å²) in [5, 5.41) is 15.9. The molecule has 0 spiro atoms. The van der Waals surface area contributed by atoms with Crippen LogP contribution in [0.1, 0.15) is 6.92 Å². The van der Waals surface area contributed by atoms with E-state index < -0.39 is 22.0 Å². The number of aliphatic hydroxyl groups excluding tert-OH is 1. The van der Waals surface area contributed by atoms with Crippen molar-refractivity contribution in [1.82, 2.24) is 0 Å². The summed E-state index contributed by atoms with van der Waals surface area (Å²) in [6.07, 6.45) is -1.16. The second kappa shape index (κ2) is 7.48. The molecule has 0 saturated carbocycles. The number of nitrogens with zero attached hydrogens (tertiary/aromatic N) is 1. The van der Waals surface area contributed by atoms with Crippen LogP contribution in [0.3, 0.4) is 0 Å². The van der Waals surface area contributed by atoms with Gasteiger partial charge in [-0.25, -0.2) is 0 Å². The maximum Gasteiger partial charge on any atom is 0.267 e. The minimum atomic E-state index is -4.19. The standard InChI is InChI=1S/C13H23N3O4S/c1-4-16(8-13(17)9-21(18,19)20)12-6-10(14-2)5-11(7-12)15-3/h5-7,13-15,17H,4,8-9H2,1-3H3,(H,18,19,20).